The van der Waals surface area contributed by atoms with Crippen LogP contribution in [0, 0.1) is 0 Å². The van der Waals surface area contributed by atoms with Gasteiger partial charge in [-0.2, -0.15) is 0 Å². The highest BCUT2D eigenvalue weighted by molar-refractivity contribution is 5.25. The predicted molar refractivity (Wildman–Crippen MR) is 90.8 cm³/mol. The monoisotopic (exact) mass is 289 g/mol. The highest BCUT2D eigenvalue weighted by Crippen LogP contribution is 2.16. The molecule has 0 aromatic heterocycles. The van der Waals surface area contributed by atoms with Crippen LogP contribution in [0.3, 0.4) is 0 Å². The number of nitrogens with one attached hydrogen (secondary N) is 1. The molecule has 1 aromatic rings. The van der Waals surface area contributed by atoms with Crippen LogP contribution in [0.2, 0.25) is 0 Å². The molecule has 0 aliphatic carbocycles. The highest BCUT2D eigenvalue weighted by atomic mass is 15.3. The summed E-state index contributed by atoms with van der Waals surface area (Å²) in [7, 11) is 2.02. The first-order valence-electron chi connectivity index (χ1n) is 8.41. The zero-order valence-corrected chi connectivity index (χ0v) is 13.9. The summed E-state index contributed by atoms with van der Waals surface area (Å²) in [5.41, 5.74) is 2.88. The minimum absolute atomic E-state index is 0.585. The Morgan fingerprint density at radius 1 is 1.05 bits per heavy atom. The highest BCUT2D eigenvalue weighted by Gasteiger charge is 2.16. The first kappa shape index (κ1) is 16.5. The number of piperazine rings is 1. The molecule has 1 aliphatic rings. The van der Waals surface area contributed by atoms with Crippen molar-refractivity contribution in [2.75, 3.05) is 46.3 Å². The van der Waals surface area contributed by atoms with Gasteiger partial charge in [0.2, 0.25) is 0 Å². The van der Waals surface area contributed by atoms with Crippen LogP contribution in [0.15, 0.2) is 24.3 Å². The lowest BCUT2D eigenvalue weighted by Crippen LogP contribution is -2.45. The molecule has 0 spiro atoms. The summed E-state index contributed by atoms with van der Waals surface area (Å²) >= 11 is 0. The zero-order valence-electron chi connectivity index (χ0n) is 13.9. The maximum Gasteiger partial charge on any atom is 0.0234 e. The Hall–Kier alpha value is -0.900. The Morgan fingerprint density at radius 2 is 1.67 bits per heavy atom. The molecular weight excluding hydrogens is 258 g/mol. The van der Waals surface area contributed by atoms with E-state index in [2.05, 4.69) is 53.2 Å². The minimum atomic E-state index is 0.585. The van der Waals surface area contributed by atoms with Crippen molar-refractivity contribution in [3.63, 3.8) is 0 Å². The number of hydrogen-bond donors (Lipinski definition) is 1. The van der Waals surface area contributed by atoms with E-state index in [4.69, 9.17) is 0 Å². The predicted octanol–water partition coefficient (Wildman–Crippen LogP) is 2.54. The Bertz CT molecular complexity index is 393. The third kappa shape index (κ3) is 5.10. The molecule has 1 fully saturated rings. The fourth-order valence-electron chi connectivity index (χ4n) is 3.12. The Morgan fingerprint density at radius 3 is 2.24 bits per heavy atom. The largest absolute Gasteiger partial charge is 0.319 e. The van der Waals surface area contributed by atoms with Gasteiger partial charge < -0.3 is 10.2 Å². The lowest BCUT2D eigenvalue weighted by atomic mass is 9.99. The van der Waals surface area contributed by atoms with Crippen molar-refractivity contribution in [1.82, 2.24) is 15.1 Å². The fraction of sp³-hybridized carbons (Fsp3) is 0.667. The Labute approximate surface area is 130 Å². The van der Waals surface area contributed by atoms with Crippen LogP contribution in [0.1, 0.15) is 37.3 Å². The van der Waals surface area contributed by atoms with Crippen LogP contribution < -0.4 is 5.32 Å². The van der Waals surface area contributed by atoms with Crippen molar-refractivity contribution in [3.05, 3.63) is 35.4 Å². The van der Waals surface area contributed by atoms with Crippen molar-refractivity contribution >= 4 is 0 Å². The summed E-state index contributed by atoms with van der Waals surface area (Å²) in [6.45, 7) is 12.8. The molecule has 1 aliphatic heterocycles. The minimum Gasteiger partial charge on any atom is -0.319 e. The number of rotatable bonds is 7. The van der Waals surface area contributed by atoms with Gasteiger partial charge in [-0.05, 0) is 37.1 Å². The van der Waals surface area contributed by atoms with E-state index in [0.29, 0.717) is 5.92 Å². The molecule has 118 valence electrons. The molecule has 0 radical (unpaired) electrons. The number of hydrogen-bond acceptors (Lipinski definition) is 3. The Balaban J connectivity index is 1.81. The molecular formula is C18H31N3. The van der Waals surface area contributed by atoms with Crippen LogP contribution in [0.25, 0.3) is 0 Å². The van der Waals surface area contributed by atoms with E-state index in [1.54, 1.807) is 0 Å². The summed E-state index contributed by atoms with van der Waals surface area (Å²) in [5, 5.41) is 3.25. The van der Waals surface area contributed by atoms with Gasteiger partial charge in [0.05, 0.1) is 0 Å². The van der Waals surface area contributed by atoms with Gasteiger partial charge in [-0.3, -0.25) is 4.90 Å². The van der Waals surface area contributed by atoms with Gasteiger partial charge in [0.1, 0.15) is 0 Å². The van der Waals surface area contributed by atoms with Gasteiger partial charge >= 0.3 is 0 Å². The summed E-state index contributed by atoms with van der Waals surface area (Å²) in [5.74, 6) is 0.585. The van der Waals surface area contributed by atoms with Crippen LogP contribution in [-0.4, -0.2) is 56.1 Å². The zero-order chi connectivity index (χ0) is 15.1. The topological polar surface area (TPSA) is 18.5 Å². The molecule has 1 unspecified atom stereocenters. The standard InChI is InChI=1S/C18H31N3/c1-4-9-20-10-12-21(13-11-20)15-17-5-7-18(8-6-17)16(2)14-19-3/h5-8,16,19H,4,9-15H2,1-3H3. The van der Waals surface area contributed by atoms with Gasteiger partial charge in [-0.15, -0.1) is 0 Å². The van der Waals surface area contributed by atoms with E-state index in [9.17, 15) is 0 Å². The lowest BCUT2D eigenvalue weighted by molar-refractivity contribution is 0.127. The average Bonchev–Trinajstić information content (AvgIpc) is 2.50. The second-order valence-electron chi connectivity index (χ2n) is 6.32. The third-order valence-corrected chi connectivity index (χ3v) is 4.47. The second kappa shape index (κ2) is 8.52. The lowest BCUT2D eigenvalue weighted by Gasteiger charge is -2.34. The van der Waals surface area contributed by atoms with Gasteiger partial charge in [-0.25, -0.2) is 0 Å². The van der Waals surface area contributed by atoms with Crippen molar-refractivity contribution in [2.24, 2.45) is 0 Å². The van der Waals surface area contributed by atoms with Crippen LogP contribution in [-0.2, 0) is 6.54 Å². The molecule has 0 bridgehead atoms. The van der Waals surface area contributed by atoms with Crippen molar-refractivity contribution in [1.29, 1.82) is 0 Å². The normalized spacial score (nSPS) is 18.8. The molecule has 3 heteroatoms. The van der Waals surface area contributed by atoms with Gasteiger partial charge in [0.15, 0.2) is 0 Å². The smallest absolute Gasteiger partial charge is 0.0234 e. The molecule has 1 saturated heterocycles. The van der Waals surface area contributed by atoms with Gasteiger partial charge in [0.25, 0.3) is 0 Å². The molecule has 21 heavy (non-hydrogen) atoms. The molecule has 3 nitrogen and oxygen atoms in total. The molecule has 1 aromatic carbocycles. The summed E-state index contributed by atoms with van der Waals surface area (Å²) in [6.07, 6.45) is 1.27. The molecule has 0 amide bonds. The number of nitrogens with zero attached hydrogens (tertiary/aromatic N) is 2. The summed E-state index contributed by atoms with van der Waals surface area (Å²) < 4.78 is 0. The summed E-state index contributed by atoms with van der Waals surface area (Å²) in [6, 6.07) is 9.20. The molecule has 0 saturated carbocycles. The molecule has 1 N–H and O–H groups in total. The quantitative estimate of drug-likeness (QED) is 0.832. The third-order valence-electron chi connectivity index (χ3n) is 4.47. The molecule has 1 heterocycles. The van der Waals surface area contributed by atoms with Crippen molar-refractivity contribution in [2.45, 2.75) is 32.7 Å². The van der Waals surface area contributed by atoms with E-state index in [1.807, 2.05) is 7.05 Å². The van der Waals surface area contributed by atoms with E-state index >= 15 is 0 Å². The van der Waals surface area contributed by atoms with E-state index in [1.165, 1.54) is 50.3 Å². The number of likely N-dealkylation sites (N-methyl/N-ethyl adjacent to an activating group) is 1. The average molecular weight is 289 g/mol. The first-order valence-corrected chi connectivity index (χ1v) is 8.41. The number of benzene rings is 1. The second-order valence-corrected chi connectivity index (χ2v) is 6.32. The summed E-state index contributed by atoms with van der Waals surface area (Å²) in [4.78, 5) is 5.16. The SMILES string of the molecule is CCCN1CCN(Cc2ccc(C(C)CNC)cc2)CC1. The van der Waals surface area contributed by atoms with Gasteiger partial charge in [0, 0.05) is 39.3 Å². The first-order chi connectivity index (χ1) is 10.2. The van der Waals surface area contributed by atoms with E-state index in [0.717, 1.165) is 13.1 Å². The van der Waals surface area contributed by atoms with Crippen molar-refractivity contribution in [3.8, 4) is 0 Å². The van der Waals surface area contributed by atoms with Crippen LogP contribution in [0.5, 0.6) is 0 Å². The molecule has 1 atom stereocenters. The van der Waals surface area contributed by atoms with E-state index < -0.39 is 0 Å². The van der Waals surface area contributed by atoms with Crippen molar-refractivity contribution < 1.29 is 0 Å². The maximum atomic E-state index is 3.25. The fourth-order valence-corrected chi connectivity index (χ4v) is 3.12. The molecule has 2 rings (SSSR count). The van der Waals surface area contributed by atoms with Gasteiger partial charge in [-0.1, -0.05) is 38.1 Å². The maximum absolute atomic E-state index is 3.25. The Kier molecular flexibility index (Phi) is 6.68. The van der Waals surface area contributed by atoms with Crippen LogP contribution >= 0.6 is 0 Å². The van der Waals surface area contributed by atoms with Crippen LogP contribution in [0.4, 0.5) is 0 Å². The van der Waals surface area contributed by atoms with E-state index in [-0.39, 0.29) is 0 Å².